The molecule has 12 heavy (non-hydrogen) atoms. The third-order valence-electron chi connectivity index (χ3n) is 1.91. The van der Waals surface area contributed by atoms with Crippen LogP contribution in [-0.2, 0) is 0 Å². The molecule has 1 unspecified atom stereocenters. The Bertz CT molecular complexity index is 280. The van der Waals surface area contributed by atoms with E-state index in [1.165, 1.54) is 4.88 Å². The van der Waals surface area contributed by atoms with Gasteiger partial charge in [-0.25, -0.2) is 0 Å². The Balaban J connectivity index is 2.98. The maximum atomic E-state index is 10.5. The van der Waals surface area contributed by atoms with Gasteiger partial charge in [-0.3, -0.25) is 4.79 Å². The first-order chi connectivity index (χ1) is 5.69. The van der Waals surface area contributed by atoms with Gasteiger partial charge in [-0.1, -0.05) is 13.8 Å². The quantitative estimate of drug-likeness (QED) is 0.741. The van der Waals surface area contributed by atoms with Crippen LogP contribution < -0.4 is 0 Å². The summed E-state index contributed by atoms with van der Waals surface area (Å²) >= 11 is 5.03. The standard InChI is InChI=1S/C9H11BrOS/c1-3-6(2)9-8(10)4-7(5-11)12-9/h4-6H,3H2,1-2H3. The van der Waals surface area contributed by atoms with Crippen molar-refractivity contribution in [2.45, 2.75) is 26.2 Å². The first kappa shape index (κ1) is 9.93. The van der Waals surface area contributed by atoms with Gasteiger partial charge in [0.15, 0.2) is 6.29 Å². The van der Waals surface area contributed by atoms with Gasteiger partial charge < -0.3 is 0 Å². The first-order valence-electron chi connectivity index (χ1n) is 3.93. The highest BCUT2D eigenvalue weighted by Gasteiger charge is 2.11. The zero-order valence-electron chi connectivity index (χ0n) is 7.13. The van der Waals surface area contributed by atoms with Crippen molar-refractivity contribution in [2.75, 3.05) is 0 Å². The van der Waals surface area contributed by atoms with Crippen molar-refractivity contribution in [1.82, 2.24) is 0 Å². The maximum absolute atomic E-state index is 10.5. The molecule has 1 heterocycles. The highest BCUT2D eigenvalue weighted by molar-refractivity contribution is 9.10. The number of hydrogen-bond acceptors (Lipinski definition) is 2. The van der Waals surface area contributed by atoms with E-state index in [-0.39, 0.29) is 0 Å². The van der Waals surface area contributed by atoms with E-state index in [2.05, 4.69) is 29.8 Å². The summed E-state index contributed by atoms with van der Waals surface area (Å²) in [4.78, 5) is 12.6. The number of rotatable bonds is 3. The van der Waals surface area contributed by atoms with Crippen molar-refractivity contribution in [1.29, 1.82) is 0 Å². The third kappa shape index (κ3) is 1.96. The van der Waals surface area contributed by atoms with E-state index in [1.54, 1.807) is 11.3 Å². The zero-order chi connectivity index (χ0) is 9.14. The minimum absolute atomic E-state index is 0.540. The van der Waals surface area contributed by atoms with Crippen LogP contribution in [0.25, 0.3) is 0 Å². The predicted octanol–water partition coefficient (Wildman–Crippen LogP) is 3.84. The molecule has 0 aliphatic carbocycles. The normalized spacial score (nSPS) is 12.9. The summed E-state index contributed by atoms with van der Waals surface area (Å²) < 4.78 is 1.07. The topological polar surface area (TPSA) is 17.1 Å². The molecule has 1 atom stereocenters. The summed E-state index contributed by atoms with van der Waals surface area (Å²) in [5, 5.41) is 0. The van der Waals surface area contributed by atoms with Crippen LogP contribution in [0.1, 0.15) is 40.7 Å². The Morgan fingerprint density at radius 2 is 2.42 bits per heavy atom. The molecule has 0 fully saturated rings. The average molecular weight is 247 g/mol. The van der Waals surface area contributed by atoms with Crippen LogP contribution in [0.15, 0.2) is 10.5 Å². The van der Waals surface area contributed by atoms with Gasteiger partial charge in [-0.05, 0) is 34.3 Å². The van der Waals surface area contributed by atoms with E-state index in [0.717, 1.165) is 22.1 Å². The van der Waals surface area contributed by atoms with Crippen molar-refractivity contribution < 1.29 is 4.79 Å². The van der Waals surface area contributed by atoms with Gasteiger partial charge in [0.1, 0.15) is 0 Å². The number of aldehydes is 1. The molecule has 1 aromatic heterocycles. The van der Waals surface area contributed by atoms with Gasteiger partial charge in [-0.2, -0.15) is 0 Å². The molecule has 1 aromatic rings. The molecule has 0 saturated heterocycles. The summed E-state index contributed by atoms with van der Waals surface area (Å²) in [6, 6.07) is 1.89. The van der Waals surface area contributed by atoms with Crippen molar-refractivity contribution in [3.63, 3.8) is 0 Å². The van der Waals surface area contributed by atoms with Gasteiger partial charge in [0.2, 0.25) is 0 Å². The number of carbonyl (C=O) groups excluding carboxylic acids is 1. The molecular weight excluding hydrogens is 236 g/mol. The number of halogens is 1. The lowest BCUT2D eigenvalue weighted by Gasteiger charge is -2.04. The molecule has 0 aliphatic rings. The summed E-state index contributed by atoms with van der Waals surface area (Å²) in [6.07, 6.45) is 2.01. The van der Waals surface area contributed by atoms with E-state index in [4.69, 9.17) is 0 Å². The van der Waals surface area contributed by atoms with Crippen molar-refractivity contribution in [2.24, 2.45) is 0 Å². The lowest BCUT2D eigenvalue weighted by atomic mass is 10.1. The smallest absolute Gasteiger partial charge is 0.160 e. The Morgan fingerprint density at radius 3 is 2.83 bits per heavy atom. The fourth-order valence-electron chi connectivity index (χ4n) is 0.981. The lowest BCUT2D eigenvalue weighted by Crippen LogP contribution is -1.86. The molecule has 0 spiro atoms. The molecule has 3 heteroatoms. The van der Waals surface area contributed by atoms with Gasteiger partial charge in [0, 0.05) is 9.35 Å². The second-order valence-corrected chi connectivity index (χ2v) is 4.76. The minimum atomic E-state index is 0.540. The van der Waals surface area contributed by atoms with Crippen LogP contribution in [0.2, 0.25) is 0 Å². The van der Waals surface area contributed by atoms with Gasteiger partial charge in [0.05, 0.1) is 4.88 Å². The van der Waals surface area contributed by atoms with Crippen LogP contribution in [0.4, 0.5) is 0 Å². The highest BCUT2D eigenvalue weighted by atomic mass is 79.9. The second-order valence-electron chi connectivity index (χ2n) is 2.79. The fourth-order valence-corrected chi connectivity index (χ4v) is 3.02. The fraction of sp³-hybridized carbons (Fsp3) is 0.444. The first-order valence-corrected chi connectivity index (χ1v) is 5.54. The Morgan fingerprint density at radius 1 is 1.75 bits per heavy atom. The Labute approximate surface area is 84.9 Å². The van der Waals surface area contributed by atoms with Gasteiger partial charge in [-0.15, -0.1) is 11.3 Å². The molecule has 1 rings (SSSR count). The monoisotopic (exact) mass is 246 g/mol. The summed E-state index contributed by atoms with van der Waals surface area (Å²) in [5.74, 6) is 0.540. The van der Waals surface area contributed by atoms with Crippen LogP contribution in [0.3, 0.4) is 0 Å². The minimum Gasteiger partial charge on any atom is -0.297 e. The average Bonchev–Trinajstić information content (AvgIpc) is 2.45. The van der Waals surface area contributed by atoms with Crippen molar-refractivity contribution >= 4 is 33.6 Å². The van der Waals surface area contributed by atoms with Crippen molar-refractivity contribution in [3.8, 4) is 0 Å². The molecule has 1 nitrogen and oxygen atoms in total. The van der Waals surface area contributed by atoms with E-state index >= 15 is 0 Å². The lowest BCUT2D eigenvalue weighted by molar-refractivity contribution is 0.112. The van der Waals surface area contributed by atoms with Crippen LogP contribution in [0.5, 0.6) is 0 Å². The molecule has 66 valence electrons. The molecule has 0 radical (unpaired) electrons. The molecule has 0 saturated carbocycles. The molecular formula is C9H11BrOS. The Hall–Kier alpha value is -0.150. The van der Waals surface area contributed by atoms with E-state index in [9.17, 15) is 4.79 Å². The van der Waals surface area contributed by atoms with Gasteiger partial charge >= 0.3 is 0 Å². The number of carbonyl (C=O) groups is 1. The number of hydrogen-bond donors (Lipinski definition) is 0. The Kier molecular flexibility index (Phi) is 3.47. The SMILES string of the molecule is CCC(C)c1sc(C=O)cc1Br. The largest absolute Gasteiger partial charge is 0.297 e. The summed E-state index contributed by atoms with van der Waals surface area (Å²) in [7, 11) is 0. The molecule has 0 N–H and O–H groups in total. The van der Waals surface area contributed by atoms with Crippen LogP contribution >= 0.6 is 27.3 Å². The van der Waals surface area contributed by atoms with Crippen LogP contribution in [0, 0.1) is 0 Å². The van der Waals surface area contributed by atoms with Gasteiger partial charge in [0.25, 0.3) is 0 Å². The summed E-state index contributed by atoms with van der Waals surface area (Å²) in [6.45, 7) is 4.32. The van der Waals surface area contributed by atoms with E-state index in [1.807, 2.05) is 6.07 Å². The van der Waals surface area contributed by atoms with E-state index in [0.29, 0.717) is 5.92 Å². The van der Waals surface area contributed by atoms with E-state index < -0.39 is 0 Å². The highest BCUT2D eigenvalue weighted by Crippen LogP contribution is 2.34. The van der Waals surface area contributed by atoms with Crippen molar-refractivity contribution in [3.05, 3.63) is 20.3 Å². The maximum Gasteiger partial charge on any atom is 0.160 e. The molecule has 0 bridgehead atoms. The zero-order valence-corrected chi connectivity index (χ0v) is 9.54. The predicted molar refractivity (Wildman–Crippen MR) is 56.1 cm³/mol. The third-order valence-corrected chi connectivity index (χ3v) is 4.12. The molecule has 0 aliphatic heterocycles. The molecule has 0 aromatic carbocycles. The second kappa shape index (κ2) is 4.19. The summed E-state index contributed by atoms with van der Waals surface area (Å²) in [5.41, 5.74) is 0. The molecule has 0 amide bonds. The van der Waals surface area contributed by atoms with Crippen LogP contribution in [-0.4, -0.2) is 6.29 Å². The number of thiophene rings is 1.